The number of hydrogen-bond donors (Lipinski definition) is 3. The molecule has 1 aromatic heterocycles. The number of para-hydroxylation sites is 1. The van der Waals surface area contributed by atoms with Crippen molar-refractivity contribution in [3.05, 3.63) is 47.9 Å². The Morgan fingerprint density at radius 1 is 1.32 bits per heavy atom. The molecule has 0 radical (unpaired) electrons. The fourth-order valence-corrected chi connectivity index (χ4v) is 1.55. The lowest BCUT2D eigenvalue weighted by Crippen LogP contribution is -2.18. The minimum atomic E-state index is -1.16. The number of rotatable bonds is 2. The summed E-state index contributed by atoms with van der Waals surface area (Å²) in [6.07, 6.45) is 1.35. The second-order valence-electron chi connectivity index (χ2n) is 5.12. The van der Waals surface area contributed by atoms with Gasteiger partial charge < -0.3 is 16.2 Å². The Hall–Kier alpha value is -2.91. The Labute approximate surface area is 128 Å². The molecule has 1 aromatic carbocycles. The van der Waals surface area contributed by atoms with Crippen LogP contribution in [0.4, 0.5) is 11.5 Å². The number of benzene rings is 1. The molecular formula is C16H16N4O2. The molecule has 0 aliphatic rings. The van der Waals surface area contributed by atoms with Crippen molar-refractivity contribution in [2.45, 2.75) is 19.4 Å². The van der Waals surface area contributed by atoms with E-state index < -0.39 is 11.5 Å². The maximum atomic E-state index is 12.2. The maximum Gasteiger partial charge on any atom is 0.278 e. The summed E-state index contributed by atoms with van der Waals surface area (Å²) in [7, 11) is 0. The largest absolute Gasteiger partial charge is 0.382 e. The van der Waals surface area contributed by atoms with Gasteiger partial charge in [0, 0.05) is 5.69 Å². The average Bonchev–Trinajstić information content (AvgIpc) is 2.46. The molecule has 1 amide bonds. The van der Waals surface area contributed by atoms with Gasteiger partial charge in [0.1, 0.15) is 11.3 Å². The van der Waals surface area contributed by atoms with Crippen molar-refractivity contribution in [1.29, 1.82) is 0 Å². The molecule has 112 valence electrons. The van der Waals surface area contributed by atoms with Crippen LogP contribution in [0.1, 0.15) is 30.0 Å². The Bertz CT molecular complexity index is 740. The van der Waals surface area contributed by atoms with E-state index in [4.69, 9.17) is 5.73 Å². The summed E-state index contributed by atoms with van der Waals surface area (Å²) in [5, 5.41) is 12.3. The third-order valence-electron chi connectivity index (χ3n) is 2.54. The van der Waals surface area contributed by atoms with Crippen molar-refractivity contribution >= 4 is 17.4 Å². The summed E-state index contributed by atoms with van der Waals surface area (Å²) in [6.45, 7) is 3.10. The van der Waals surface area contributed by atoms with Crippen LogP contribution in [-0.2, 0) is 0 Å². The van der Waals surface area contributed by atoms with Crippen LogP contribution in [0.15, 0.2) is 36.5 Å². The van der Waals surface area contributed by atoms with E-state index in [2.05, 4.69) is 27.1 Å². The number of carbonyl (C=O) groups is 1. The topological polar surface area (TPSA) is 101 Å². The number of nitrogens with two attached hydrogens (primary N) is 1. The molecule has 2 rings (SSSR count). The van der Waals surface area contributed by atoms with Gasteiger partial charge in [0.05, 0.1) is 6.20 Å². The highest BCUT2D eigenvalue weighted by Crippen LogP contribution is 2.11. The van der Waals surface area contributed by atoms with Crippen molar-refractivity contribution in [2.75, 3.05) is 11.1 Å². The Morgan fingerprint density at radius 3 is 2.64 bits per heavy atom. The predicted octanol–water partition coefficient (Wildman–Crippen LogP) is 1.43. The van der Waals surface area contributed by atoms with Gasteiger partial charge in [-0.15, -0.1) is 0 Å². The molecule has 0 saturated heterocycles. The zero-order chi connectivity index (χ0) is 16.2. The van der Waals surface area contributed by atoms with Crippen molar-refractivity contribution in [3.8, 4) is 11.8 Å². The quantitative estimate of drug-likeness (QED) is 0.728. The van der Waals surface area contributed by atoms with Gasteiger partial charge in [0.15, 0.2) is 11.5 Å². The van der Waals surface area contributed by atoms with Crippen molar-refractivity contribution in [3.63, 3.8) is 0 Å². The first kappa shape index (κ1) is 15.5. The fraction of sp³-hybridized carbons (Fsp3) is 0.188. The standard InChI is InChI=1S/C16H16N4O2/c1-16(2,22)9-8-12-10-18-14(17)13(19-12)15(21)20-11-6-4-3-5-7-11/h3-7,10,22H,1-2H3,(H2,17,18)(H,20,21). The average molecular weight is 296 g/mol. The summed E-state index contributed by atoms with van der Waals surface area (Å²) < 4.78 is 0. The highest BCUT2D eigenvalue weighted by Gasteiger charge is 2.14. The normalized spacial score (nSPS) is 10.5. The van der Waals surface area contributed by atoms with E-state index in [9.17, 15) is 9.90 Å². The van der Waals surface area contributed by atoms with Gasteiger partial charge in [-0.2, -0.15) is 0 Å². The number of carbonyl (C=O) groups excluding carboxylic acids is 1. The molecule has 0 saturated carbocycles. The predicted molar refractivity (Wildman–Crippen MR) is 84.0 cm³/mol. The van der Waals surface area contributed by atoms with E-state index in [1.165, 1.54) is 6.20 Å². The Balaban J connectivity index is 2.26. The number of nitrogens with one attached hydrogen (secondary N) is 1. The van der Waals surface area contributed by atoms with Crippen LogP contribution in [0.2, 0.25) is 0 Å². The summed E-state index contributed by atoms with van der Waals surface area (Å²) >= 11 is 0. The maximum absolute atomic E-state index is 12.2. The number of aliphatic hydroxyl groups is 1. The van der Waals surface area contributed by atoms with E-state index in [0.717, 1.165) is 0 Å². The molecule has 0 unspecified atom stereocenters. The third-order valence-corrected chi connectivity index (χ3v) is 2.54. The van der Waals surface area contributed by atoms with Gasteiger partial charge in [0.2, 0.25) is 0 Å². The molecule has 4 N–H and O–H groups in total. The Morgan fingerprint density at radius 2 is 2.00 bits per heavy atom. The van der Waals surface area contributed by atoms with Crippen molar-refractivity contribution < 1.29 is 9.90 Å². The van der Waals surface area contributed by atoms with Gasteiger partial charge in [-0.05, 0) is 31.9 Å². The van der Waals surface area contributed by atoms with E-state index in [-0.39, 0.29) is 17.2 Å². The molecule has 2 aromatic rings. The third kappa shape index (κ3) is 4.30. The van der Waals surface area contributed by atoms with Crippen LogP contribution < -0.4 is 11.1 Å². The molecule has 22 heavy (non-hydrogen) atoms. The minimum Gasteiger partial charge on any atom is -0.382 e. The van der Waals surface area contributed by atoms with Gasteiger partial charge >= 0.3 is 0 Å². The summed E-state index contributed by atoms with van der Waals surface area (Å²) in [5.41, 5.74) is 5.41. The van der Waals surface area contributed by atoms with Crippen LogP contribution >= 0.6 is 0 Å². The first-order valence-electron chi connectivity index (χ1n) is 6.59. The highest BCUT2D eigenvalue weighted by molar-refractivity contribution is 6.05. The minimum absolute atomic E-state index is 0.00796. The molecular weight excluding hydrogens is 280 g/mol. The van der Waals surface area contributed by atoms with E-state index in [1.54, 1.807) is 38.1 Å². The smallest absolute Gasteiger partial charge is 0.278 e. The lowest BCUT2D eigenvalue weighted by atomic mass is 10.1. The van der Waals surface area contributed by atoms with Crippen molar-refractivity contribution in [2.24, 2.45) is 0 Å². The summed E-state index contributed by atoms with van der Waals surface area (Å²) in [6, 6.07) is 8.95. The molecule has 0 spiro atoms. The molecule has 1 heterocycles. The van der Waals surface area contributed by atoms with E-state index in [1.807, 2.05) is 6.07 Å². The van der Waals surface area contributed by atoms with Crippen LogP contribution in [0.3, 0.4) is 0 Å². The second kappa shape index (κ2) is 6.24. The number of nitrogens with zero attached hydrogens (tertiary/aromatic N) is 2. The first-order valence-corrected chi connectivity index (χ1v) is 6.59. The van der Waals surface area contributed by atoms with Gasteiger partial charge in [-0.3, -0.25) is 4.79 Å². The van der Waals surface area contributed by atoms with Crippen molar-refractivity contribution in [1.82, 2.24) is 9.97 Å². The van der Waals surface area contributed by atoms with Gasteiger partial charge in [-0.1, -0.05) is 24.1 Å². The molecule has 6 nitrogen and oxygen atoms in total. The van der Waals surface area contributed by atoms with E-state index in [0.29, 0.717) is 5.69 Å². The first-order chi connectivity index (χ1) is 10.3. The molecule has 0 bridgehead atoms. The van der Waals surface area contributed by atoms with Crippen LogP contribution in [0.25, 0.3) is 0 Å². The van der Waals surface area contributed by atoms with Crippen LogP contribution in [0, 0.1) is 11.8 Å². The highest BCUT2D eigenvalue weighted by atomic mass is 16.3. The number of amides is 1. The zero-order valence-electron chi connectivity index (χ0n) is 12.3. The monoisotopic (exact) mass is 296 g/mol. The molecule has 0 aliphatic carbocycles. The SMILES string of the molecule is CC(C)(O)C#Cc1cnc(N)c(C(=O)Nc2ccccc2)n1. The van der Waals surface area contributed by atoms with Crippen LogP contribution in [-0.4, -0.2) is 26.6 Å². The number of hydrogen-bond acceptors (Lipinski definition) is 5. The molecule has 6 heteroatoms. The molecule has 0 fully saturated rings. The fourth-order valence-electron chi connectivity index (χ4n) is 1.55. The zero-order valence-corrected chi connectivity index (χ0v) is 12.3. The molecule has 0 atom stereocenters. The lowest BCUT2D eigenvalue weighted by molar-refractivity contribution is 0.102. The summed E-state index contributed by atoms with van der Waals surface area (Å²) in [5.74, 6) is 4.81. The number of aromatic nitrogens is 2. The number of nitrogen functional groups attached to an aromatic ring is 1. The Kier molecular flexibility index (Phi) is 4.39. The van der Waals surface area contributed by atoms with Gasteiger partial charge in [0.25, 0.3) is 5.91 Å². The van der Waals surface area contributed by atoms with E-state index >= 15 is 0 Å². The van der Waals surface area contributed by atoms with Gasteiger partial charge in [-0.25, -0.2) is 9.97 Å². The number of anilines is 2. The molecule has 0 aliphatic heterocycles. The lowest BCUT2D eigenvalue weighted by Gasteiger charge is -2.07. The summed E-state index contributed by atoms with van der Waals surface area (Å²) in [4.78, 5) is 20.2. The van der Waals surface area contributed by atoms with Crippen LogP contribution in [0.5, 0.6) is 0 Å². The second-order valence-corrected chi connectivity index (χ2v) is 5.12.